The number of hydrogen-bond donors (Lipinski definition) is 2. The van der Waals surface area contributed by atoms with Crippen molar-refractivity contribution in [2.45, 2.75) is 6.54 Å². The van der Waals surface area contributed by atoms with Crippen LogP contribution in [0.5, 0.6) is 0 Å². The Balaban J connectivity index is 1.97. The summed E-state index contributed by atoms with van der Waals surface area (Å²) in [4.78, 5) is 24.0. The van der Waals surface area contributed by atoms with Crippen molar-refractivity contribution >= 4 is 17.6 Å². The summed E-state index contributed by atoms with van der Waals surface area (Å²) >= 11 is 0. The van der Waals surface area contributed by atoms with E-state index in [0.29, 0.717) is 17.9 Å². The highest BCUT2D eigenvalue weighted by molar-refractivity contribution is 5.94. The molecule has 0 fully saturated rings. The van der Waals surface area contributed by atoms with Crippen LogP contribution >= 0.6 is 0 Å². The second kappa shape index (κ2) is 6.13. The van der Waals surface area contributed by atoms with E-state index >= 15 is 0 Å². The molecule has 2 aromatic rings. The second-order valence-corrected chi connectivity index (χ2v) is 4.74. The number of nitrogens with zero attached hydrogens (tertiary/aromatic N) is 1. The van der Waals surface area contributed by atoms with Crippen LogP contribution in [0.15, 0.2) is 41.0 Å². The normalized spacial score (nSPS) is 10.2. The monoisotopic (exact) mass is 288 g/mol. The molecule has 0 spiro atoms. The number of aromatic carboxylic acids is 1. The molecule has 2 N–H and O–H groups in total. The van der Waals surface area contributed by atoms with Crippen LogP contribution in [0.2, 0.25) is 0 Å². The number of furan rings is 1. The number of anilines is 1. The number of rotatable bonds is 5. The molecule has 110 valence electrons. The number of benzene rings is 1. The minimum absolute atomic E-state index is 0.0568. The van der Waals surface area contributed by atoms with Crippen LogP contribution in [0, 0.1) is 0 Å². The number of carbonyl (C=O) groups is 2. The van der Waals surface area contributed by atoms with E-state index in [4.69, 9.17) is 9.52 Å². The Bertz CT molecular complexity index is 644. The molecule has 0 saturated heterocycles. The molecule has 0 aliphatic rings. The molecule has 1 aromatic heterocycles. The Hall–Kier alpha value is -2.76. The van der Waals surface area contributed by atoms with Gasteiger partial charge in [0.1, 0.15) is 12.0 Å². The maximum Gasteiger partial charge on any atom is 0.338 e. The summed E-state index contributed by atoms with van der Waals surface area (Å²) in [7, 11) is 3.40. The Kier molecular flexibility index (Phi) is 4.27. The van der Waals surface area contributed by atoms with Gasteiger partial charge < -0.3 is 19.7 Å². The Morgan fingerprint density at radius 1 is 1.19 bits per heavy atom. The molecule has 0 saturated carbocycles. The highest BCUT2D eigenvalue weighted by Gasteiger charge is 2.09. The Morgan fingerprint density at radius 2 is 1.86 bits per heavy atom. The topological polar surface area (TPSA) is 82.8 Å². The van der Waals surface area contributed by atoms with Gasteiger partial charge in [-0.2, -0.15) is 0 Å². The SMILES string of the molecule is CN(C)C(=O)c1ccc(NCc2cc(C(=O)O)co2)cc1. The van der Waals surface area contributed by atoms with Crippen LogP contribution in [0.25, 0.3) is 0 Å². The van der Waals surface area contributed by atoms with E-state index < -0.39 is 5.97 Å². The van der Waals surface area contributed by atoms with Crippen molar-refractivity contribution in [1.29, 1.82) is 0 Å². The molecule has 6 heteroatoms. The van der Waals surface area contributed by atoms with Gasteiger partial charge in [0, 0.05) is 25.3 Å². The van der Waals surface area contributed by atoms with E-state index in [1.807, 2.05) is 0 Å². The molecule has 1 aromatic carbocycles. The zero-order valence-electron chi connectivity index (χ0n) is 11.8. The van der Waals surface area contributed by atoms with E-state index in [0.717, 1.165) is 5.69 Å². The largest absolute Gasteiger partial charge is 0.478 e. The number of carboxylic acids is 1. The molecule has 0 radical (unpaired) electrons. The highest BCUT2D eigenvalue weighted by atomic mass is 16.4. The molecular formula is C15H16N2O4. The molecular weight excluding hydrogens is 272 g/mol. The van der Waals surface area contributed by atoms with Gasteiger partial charge in [-0.1, -0.05) is 0 Å². The van der Waals surface area contributed by atoms with E-state index in [1.165, 1.54) is 17.2 Å². The number of nitrogens with one attached hydrogen (secondary N) is 1. The van der Waals surface area contributed by atoms with Gasteiger partial charge in [0.25, 0.3) is 5.91 Å². The summed E-state index contributed by atoms with van der Waals surface area (Å²) in [5, 5.41) is 11.9. The average molecular weight is 288 g/mol. The van der Waals surface area contributed by atoms with Crippen LogP contribution < -0.4 is 5.32 Å². The fraction of sp³-hybridized carbons (Fsp3) is 0.200. The van der Waals surface area contributed by atoms with E-state index in [1.54, 1.807) is 38.4 Å². The molecule has 6 nitrogen and oxygen atoms in total. The third-order valence-electron chi connectivity index (χ3n) is 2.91. The van der Waals surface area contributed by atoms with Crippen LogP contribution in [0.3, 0.4) is 0 Å². The van der Waals surface area contributed by atoms with Crippen LogP contribution in [0.1, 0.15) is 26.5 Å². The third-order valence-corrected chi connectivity index (χ3v) is 2.91. The van der Waals surface area contributed by atoms with Crippen LogP contribution in [-0.4, -0.2) is 36.0 Å². The maximum absolute atomic E-state index is 11.7. The lowest BCUT2D eigenvalue weighted by molar-refractivity contribution is 0.0695. The predicted octanol–water partition coefficient (Wildman–Crippen LogP) is 2.29. The Morgan fingerprint density at radius 3 is 2.38 bits per heavy atom. The molecule has 0 aliphatic heterocycles. The lowest BCUT2D eigenvalue weighted by Gasteiger charge is -2.11. The molecule has 0 aliphatic carbocycles. The fourth-order valence-electron chi connectivity index (χ4n) is 1.76. The van der Waals surface area contributed by atoms with Crippen molar-refractivity contribution < 1.29 is 19.1 Å². The lowest BCUT2D eigenvalue weighted by atomic mass is 10.2. The van der Waals surface area contributed by atoms with Crippen molar-refractivity contribution in [2.75, 3.05) is 19.4 Å². The Labute approximate surface area is 122 Å². The van der Waals surface area contributed by atoms with Crippen LogP contribution in [-0.2, 0) is 6.54 Å². The van der Waals surface area contributed by atoms with Crippen molar-refractivity contribution in [1.82, 2.24) is 4.90 Å². The van der Waals surface area contributed by atoms with Crippen molar-refractivity contribution in [3.8, 4) is 0 Å². The van der Waals surface area contributed by atoms with Gasteiger partial charge in [0.05, 0.1) is 12.1 Å². The smallest absolute Gasteiger partial charge is 0.338 e. The average Bonchev–Trinajstić information content (AvgIpc) is 2.94. The van der Waals surface area contributed by atoms with Gasteiger partial charge in [-0.25, -0.2) is 4.79 Å². The summed E-state index contributed by atoms with van der Waals surface area (Å²) in [5.41, 5.74) is 1.55. The van der Waals surface area contributed by atoms with Gasteiger partial charge >= 0.3 is 5.97 Å². The van der Waals surface area contributed by atoms with E-state index in [-0.39, 0.29) is 11.5 Å². The summed E-state index contributed by atoms with van der Waals surface area (Å²) < 4.78 is 5.14. The van der Waals surface area contributed by atoms with E-state index in [2.05, 4.69) is 5.32 Å². The molecule has 2 rings (SSSR count). The maximum atomic E-state index is 11.7. The molecule has 1 heterocycles. The standard InChI is InChI=1S/C15H16N2O4/c1-17(2)14(18)10-3-5-12(6-4-10)16-8-13-7-11(9-21-13)15(19)20/h3-7,9,16H,8H2,1-2H3,(H,19,20). The first kappa shape index (κ1) is 14.6. The lowest BCUT2D eigenvalue weighted by Crippen LogP contribution is -2.21. The summed E-state index contributed by atoms with van der Waals surface area (Å²) in [6.45, 7) is 0.369. The van der Waals surface area contributed by atoms with Crippen LogP contribution in [0.4, 0.5) is 5.69 Å². The summed E-state index contributed by atoms with van der Waals surface area (Å²) in [6.07, 6.45) is 1.21. The predicted molar refractivity (Wildman–Crippen MR) is 77.5 cm³/mol. The number of carbonyl (C=O) groups excluding carboxylic acids is 1. The van der Waals surface area contributed by atoms with Gasteiger partial charge in [-0.15, -0.1) is 0 Å². The molecule has 21 heavy (non-hydrogen) atoms. The van der Waals surface area contributed by atoms with Gasteiger partial charge in [-0.05, 0) is 30.3 Å². The van der Waals surface area contributed by atoms with Gasteiger partial charge in [0.2, 0.25) is 0 Å². The van der Waals surface area contributed by atoms with E-state index in [9.17, 15) is 9.59 Å². The third kappa shape index (κ3) is 3.62. The molecule has 1 amide bonds. The minimum Gasteiger partial charge on any atom is -0.478 e. The minimum atomic E-state index is -1.02. The van der Waals surface area contributed by atoms with Gasteiger partial charge in [0.15, 0.2) is 0 Å². The summed E-state index contributed by atoms with van der Waals surface area (Å²) in [6, 6.07) is 8.51. The number of amides is 1. The van der Waals surface area contributed by atoms with Crippen molar-refractivity contribution in [3.05, 3.63) is 53.5 Å². The zero-order valence-corrected chi connectivity index (χ0v) is 11.8. The highest BCUT2D eigenvalue weighted by Crippen LogP contribution is 2.14. The summed E-state index contributed by atoms with van der Waals surface area (Å²) in [5.74, 6) is -0.545. The molecule has 0 bridgehead atoms. The number of carboxylic acid groups (broad SMARTS) is 1. The first-order valence-corrected chi connectivity index (χ1v) is 6.33. The van der Waals surface area contributed by atoms with Gasteiger partial charge in [-0.3, -0.25) is 4.79 Å². The molecule has 0 atom stereocenters. The van der Waals surface area contributed by atoms with Crippen molar-refractivity contribution in [3.63, 3.8) is 0 Å². The number of hydrogen-bond acceptors (Lipinski definition) is 4. The first-order valence-electron chi connectivity index (χ1n) is 6.33. The molecule has 0 unspecified atom stereocenters. The fourth-order valence-corrected chi connectivity index (χ4v) is 1.76. The second-order valence-electron chi connectivity index (χ2n) is 4.74. The zero-order chi connectivity index (χ0) is 15.4. The van der Waals surface area contributed by atoms with Crippen molar-refractivity contribution in [2.24, 2.45) is 0 Å². The quantitative estimate of drug-likeness (QED) is 0.882. The first-order chi connectivity index (χ1) is 9.97.